The van der Waals surface area contributed by atoms with Crippen LogP contribution in [0.2, 0.25) is 0 Å². The molecule has 1 heterocycles. The number of amides is 1. The predicted molar refractivity (Wildman–Crippen MR) is 106 cm³/mol. The minimum atomic E-state index is -4.59. The van der Waals surface area contributed by atoms with Crippen LogP contribution in [0.3, 0.4) is 0 Å². The van der Waals surface area contributed by atoms with E-state index in [1.807, 2.05) is 13.8 Å². The molecule has 2 rings (SSSR count). The van der Waals surface area contributed by atoms with Crippen LogP contribution in [-0.4, -0.2) is 38.8 Å². The Bertz CT molecular complexity index is 895. The molecule has 0 saturated heterocycles. The van der Waals surface area contributed by atoms with E-state index in [0.717, 1.165) is 35.1 Å². The molecular weight excluding hydrogens is 423 g/mol. The van der Waals surface area contributed by atoms with E-state index in [1.54, 1.807) is 6.07 Å². The summed E-state index contributed by atoms with van der Waals surface area (Å²) in [4.78, 5) is 25.6. The maximum Gasteiger partial charge on any atom is 0.416 e. The van der Waals surface area contributed by atoms with Gasteiger partial charge in [-0.2, -0.15) is 13.2 Å². The third-order valence-corrected chi connectivity index (χ3v) is 5.14. The zero-order valence-electron chi connectivity index (χ0n) is 16.7. The number of aryl methyl sites for hydroxylation is 2. The molecule has 0 bridgehead atoms. The predicted octanol–water partition coefficient (Wildman–Crippen LogP) is 4.46. The lowest BCUT2D eigenvalue weighted by Crippen LogP contribution is -2.21. The highest BCUT2D eigenvalue weighted by atomic mass is 32.1. The van der Waals surface area contributed by atoms with Gasteiger partial charge in [0, 0.05) is 12.0 Å². The molecule has 0 aliphatic carbocycles. The van der Waals surface area contributed by atoms with Gasteiger partial charge >= 0.3 is 12.1 Å². The molecule has 0 radical (unpaired) electrons. The summed E-state index contributed by atoms with van der Waals surface area (Å²) in [7, 11) is 1.45. The first kappa shape index (κ1) is 23.7. The highest BCUT2D eigenvalue weighted by molar-refractivity contribution is 7.14. The molecule has 10 heteroatoms. The third-order valence-electron chi connectivity index (χ3n) is 4.06. The van der Waals surface area contributed by atoms with Crippen molar-refractivity contribution < 1.29 is 37.0 Å². The Labute approximate surface area is 175 Å². The van der Waals surface area contributed by atoms with Gasteiger partial charge in [-0.25, -0.2) is 4.79 Å². The minimum absolute atomic E-state index is 0.0428. The highest BCUT2D eigenvalue weighted by Crippen LogP contribution is 2.35. The Kier molecular flexibility index (Phi) is 8.24. The number of carbonyl (C=O) groups is 2. The van der Waals surface area contributed by atoms with E-state index in [-0.39, 0.29) is 24.7 Å². The number of benzene rings is 1. The van der Waals surface area contributed by atoms with Gasteiger partial charge in [-0.1, -0.05) is 6.92 Å². The summed E-state index contributed by atoms with van der Waals surface area (Å²) in [5.41, 5.74) is -0.115. The van der Waals surface area contributed by atoms with E-state index >= 15 is 0 Å². The Morgan fingerprint density at radius 2 is 1.90 bits per heavy atom. The first-order valence-corrected chi connectivity index (χ1v) is 9.86. The van der Waals surface area contributed by atoms with Crippen molar-refractivity contribution in [2.75, 3.05) is 32.2 Å². The second kappa shape index (κ2) is 10.4. The SMILES string of the molecule is CCc1cc(C(=O)OCC(=O)Nc2cc(C(F)(F)F)ccc2OCCOC)sc1C. The van der Waals surface area contributed by atoms with Crippen molar-refractivity contribution in [2.24, 2.45) is 0 Å². The summed E-state index contributed by atoms with van der Waals surface area (Å²) in [5, 5.41) is 2.31. The Hall–Kier alpha value is -2.59. The fraction of sp³-hybridized carbons (Fsp3) is 0.400. The second-order valence-corrected chi connectivity index (χ2v) is 7.48. The average molecular weight is 445 g/mol. The summed E-state index contributed by atoms with van der Waals surface area (Å²) < 4.78 is 54.2. The molecule has 164 valence electrons. The van der Waals surface area contributed by atoms with E-state index < -0.39 is 30.2 Å². The van der Waals surface area contributed by atoms with Gasteiger partial charge in [0.25, 0.3) is 5.91 Å². The fourth-order valence-electron chi connectivity index (χ4n) is 2.52. The molecule has 0 fully saturated rings. The molecule has 0 unspecified atom stereocenters. The molecule has 1 aromatic carbocycles. The molecule has 0 aliphatic heterocycles. The Morgan fingerprint density at radius 1 is 1.17 bits per heavy atom. The standard InChI is InChI=1S/C20H22F3NO5S/c1-4-13-9-17(30-12(13)2)19(26)29-11-18(25)24-15-10-14(20(21,22)23)5-6-16(15)28-8-7-27-3/h5-6,9-10H,4,7-8,11H2,1-3H3,(H,24,25). The largest absolute Gasteiger partial charge is 0.489 e. The van der Waals surface area contributed by atoms with Crippen molar-refractivity contribution in [2.45, 2.75) is 26.4 Å². The summed E-state index contributed by atoms with van der Waals surface area (Å²) in [6, 6.07) is 4.43. The third kappa shape index (κ3) is 6.46. The Morgan fingerprint density at radius 3 is 2.50 bits per heavy atom. The number of hydrogen-bond acceptors (Lipinski definition) is 6. The van der Waals surface area contributed by atoms with E-state index in [0.29, 0.717) is 4.88 Å². The van der Waals surface area contributed by atoms with Gasteiger partial charge in [0.1, 0.15) is 17.2 Å². The van der Waals surface area contributed by atoms with Gasteiger partial charge < -0.3 is 19.5 Å². The summed E-state index contributed by atoms with van der Waals surface area (Å²) in [5.74, 6) is -1.41. The fourth-order valence-corrected chi connectivity index (χ4v) is 3.53. The van der Waals surface area contributed by atoms with Gasteiger partial charge in [-0.15, -0.1) is 11.3 Å². The molecule has 0 saturated carbocycles. The van der Waals surface area contributed by atoms with Crippen LogP contribution in [-0.2, 0) is 26.9 Å². The number of ether oxygens (including phenoxy) is 3. The second-order valence-electron chi connectivity index (χ2n) is 6.22. The monoisotopic (exact) mass is 445 g/mol. The molecule has 0 spiro atoms. The quantitative estimate of drug-likeness (QED) is 0.456. The van der Waals surface area contributed by atoms with Crippen LogP contribution >= 0.6 is 11.3 Å². The summed E-state index contributed by atoms with van der Waals surface area (Å²) in [6.45, 7) is 3.49. The van der Waals surface area contributed by atoms with Crippen LogP contribution in [0, 0.1) is 6.92 Å². The summed E-state index contributed by atoms with van der Waals surface area (Å²) >= 11 is 1.26. The van der Waals surface area contributed by atoms with Crippen LogP contribution in [0.1, 0.15) is 32.6 Å². The molecule has 0 atom stereocenters. The molecule has 1 amide bonds. The smallest absolute Gasteiger partial charge is 0.416 e. The lowest BCUT2D eigenvalue weighted by Gasteiger charge is -2.15. The van der Waals surface area contributed by atoms with E-state index in [1.165, 1.54) is 18.4 Å². The van der Waals surface area contributed by atoms with E-state index in [4.69, 9.17) is 14.2 Å². The number of alkyl halides is 3. The minimum Gasteiger partial charge on any atom is -0.489 e. The summed E-state index contributed by atoms with van der Waals surface area (Å²) in [6.07, 6.45) is -3.83. The van der Waals surface area contributed by atoms with Crippen LogP contribution in [0.25, 0.3) is 0 Å². The molecule has 0 aliphatic rings. The first-order chi connectivity index (χ1) is 14.2. The number of nitrogens with one attached hydrogen (secondary N) is 1. The number of hydrogen-bond donors (Lipinski definition) is 1. The van der Waals surface area contributed by atoms with Crippen molar-refractivity contribution in [3.63, 3.8) is 0 Å². The highest BCUT2D eigenvalue weighted by Gasteiger charge is 2.31. The molecular formula is C20H22F3NO5S. The number of methoxy groups -OCH3 is 1. The van der Waals surface area contributed by atoms with Gasteiger partial charge in [0.05, 0.1) is 17.9 Å². The van der Waals surface area contributed by atoms with Crippen LogP contribution < -0.4 is 10.1 Å². The maximum absolute atomic E-state index is 13.0. The zero-order valence-corrected chi connectivity index (χ0v) is 17.5. The first-order valence-electron chi connectivity index (χ1n) is 9.05. The van der Waals surface area contributed by atoms with Crippen LogP contribution in [0.4, 0.5) is 18.9 Å². The van der Waals surface area contributed by atoms with Gasteiger partial charge in [0.15, 0.2) is 6.61 Å². The van der Waals surface area contributed by atoms with E-state index in [2.05, 4.69) is 5.32 Å². The number of thiophene rings is 1. The molecule has 1 N–H and O–H groups in total. The maximum atomic E-state index is 13.0. The van der Waals surface area contributed by atoms with E-state index in [9.17, 15) is 22.8 Å². The normalized spacial score (nSPS) is 11.3. The van der Waals surface area contributed by atoms with Crippen LogP contribution in [0.15, 0.2) is 24.3 Å². The van der Waals surface area contributed by atoms with Gasteiger partial charge in [-0.3, -0.25) is 4.79 Å². The van der Waals surface area contributed by atoms with Crippen LogP contribution in [0.5, 0.6) is 5.75 Å². The lowest BCUT2D eigenvalue weighted by atomic mass is 10.1. The molecule has 1 aromatic heterocycles. The van der Waals surface area contributed by atoms with Gasteiger partial charge in [0.2, 0.25) is 0 Å². The number of esters is 1. The van der Waals surface area contributed by atoms with Crippen molar-refractivity contribution in [3.8, 4) is 5.75 Å². The molecule has 6 nitrogen and oxygen atoms in total. The molecule has 2 aromatic rings. The van der Waals surface area contributed by atoms with Crippen molar-refractivity contribution in [1.29, 1.82) is 0 Å². The number of halogens is 3. The van der Waals surface area contributed by atoms with Crippen molar-refractivity contribution >= 4 is 28.9 Å². The Balaban J connectivity index is 2.06. The zero-order chi connectivity index (χ0) is 22.3. The average Bonchev–Trinajstić information content (AvgIpc) is 3.07. The molecule has 30 heavy (non-hydrogen) atoms. The number of rotatable bonds is 9. The topological polar surface area (TPSA) is 73.9 Å². The van der Waals surface area contributed by atoms with Crippen molar-refractivity contribution in [1.82, 2.24) is 0 Å². The van der Waals surface area contributed by atoms with Crippen molar-refractivity contribution in [3.05, 3.63) is 45.1 Å². The number of anilines is 1. The lowest BCUT2D eigenvalue weighted by molar-refractivity contribution is -0.137. The number of carbonyl (C=O) groups excluding carboxylic acids is 2. The van der Waals surface area contributed by atoms with Gasteiger partial charge in [-0.05, 0) is 43.2 Å².